The highest BCUT2D eigenvalue weighted by atomic mass is 16.5. The molecule has 0 saturated carbocycles. The third-order valence-electron chi connectivity index (χ3n) is 5.43. The van der Waals surface area contributed by atoms with Crippen molar-refractivity contribution in [3.05, 3.63) is 48.1 Å². The minimum atomic E-state index is 0.152. The van der Waals surface area contributed by atoms with Gasteiger partial charge in [-0.2, -0.15) is 4.98 Å². The minimum absolute atomic E-state index is 0.152. The van der Waals surface area contributed by atoms with Gasteiger partial charge in [0.2, 0.25) is 17.5 Å². The van der Waals surface area contributed by atoms with Gasteiger partial charge in [0.05, 0.1) is 51.8 Å². The number of pyridine rings is 1. The van der Waals surface area contributed by atoms with E-state index < -0.39 is 0 Å². The second-order valence-electron chi connectivity index (χ2n) is 7.53. The number of likely N-dealkylation sites (tertiary alicyclic amines) is 1. The second-order valence-corrected chi connectivity index (χ2v) is 7.53. The average Bonchev–Trinajstić information content (AvgIpc) is 3.30. The lowest BCUT2D eigenvalue weighted by Gasteiger charge is -2.31. The van der Waals surface area contributed by atoms with Crippen LogP contribution < -0.4 is 14.2 Å². The van der Waals surface area contributed by atoms with Gasteiger partial charge in [0.1, 0.15) is 0 Å². The molecule has 32 heavy (non-hydrogen) atoms. The van der Waals surface area contributed by atoms with Crippen molar-refractivity contribution in [1.29, 1.82) is 0 Å². The molecule has 0 radical (unpaired) electrons. The highest BCUT2D eigenvalue weighted by molar-refractivity contribution is 5.71. The fourth-order valence-electron chi connectivity index (χ4n) is 3.88. The number of hydrogen-bond donors (Lipinski definition) is 0. The van der Waals surface area contributed by atoms with Gasteiger partial charge in [0.25, 0.3) is 0 Å². The van der Waals surface area contributed by atoms with E-state index in [1.165, 1.54) is 0 Å². The van der Waals surface area contributed by atoms with E-state index in [4.69, 9.17) is 23.5 Å². The first-order valence-corrected chi connectivity index (χ1v) is 10.6. The van der Waals surface area contributed by atoms with E-state index in [1.807, 2.05) is 24.3 Å². The molecule has 1 atom stereocenters. The molecule has 3 aromatic rings. The van der Waals surface area contributed by atoms with Crippen molar-refractivity contribution in [1.82, 2.24) is 20.0 Å². The number of aromatic nitrogens is 3. The van der Waals surface area contributed by atoms with Gasteiger partial charge in [-0.3, -0.25) is 9.88 Å². The van der Waals surface area contributed by atoms with Crippen LogP contribution in [-0.2, 0) is 17.9 Å². The summed E-state index contributed by atoms with van der Waals surface area (Å²) >= 11 is 0. The van der Waals surface area contributed by atoms with Crippen molar-refractivity contribution in [3.63, 3.8) is 0 Å². The van der Waals surface area contributed by atoms with E-state index in [-0.39, 0.29) is 6.10 Å². The van der Waals surface area contributed by atoms with E-state index in [2.05, 4.69) is 20.0 Å². The number of rotatable bonds is 9. The van der Waals surface area contributed by atoms with Gasteiger partial charge < -0.3 is 23.5 Å². The van der Waals surface area contributed by atoms with Crippen LogP contribution in [0.15, 0.2) is 41.1 Å². The van der Waals surface area contributed by atoms with Gasteiger partial charge in [-0.25, -0.2) is 0 Å². The summed E-state index contributed by atoms with van der Waals surface area (Å²) in [6.45, 7) is 2.85. The van der Waals surface area contributed by atoms with Gasteiger partial charge in [-0.1, -0.05) is 11.2 Å². The topological polar surface area (TPSA) is 92.0 Å². The minimum Gasteiger partial charge on any atom is -0.493 e. The van der Waals surface area contributed by atoms with Gasteiger partial charge >= 0.3 is 0 Å². The molecule has 0 N–H and O–H groups in total. The fraction of sp³-hybridized carbons (Fsp3) is 0.435. The largest absolute Gasteiger partial charge is 0.493 e. The Morgan fingerprint density at radius 2 is 1.94 bits per heavy atom. The second kappa shape index (κ2) is 10.4. The van der Waals surface area contributed by atoms with Crippen LogP contribution in [0.25, 0.3) is 11.4 Å². The molecule has 0 unspecified atom stereocenters. The maximum absolute atomic E-state index is 6.08. The zero-order valence-corrected chi connectivity index (χ0v) is 18.6. The van der Waals surface area contributed by atoms with Gasteiger partial charge in [0.15, 0.2) is 11.5 Å². The molecule has 4 rings (SSSR count). The summed E-state index contributed by atoms with van der Waals surface area (Å²) in [5.74, 6) is 2.55. The summed E-state index contributed by atoms with van der Waals surface area (Å²) in [7, 11) is 4.71. The van der Waals surface area contributed by atoms with E-state index >= 15 is 0 Å². The Bertz CT molecular complexity index is 1010. The molecule has 0 amide bonds. The van der Waals surface area contributed by atoms with Gasteiger partial charge in [-0.15, -0.1) is 0 Å². The van der Waals surface area contributed by atoms with E-state index in [9.17, 15) is 0 Å². The van der Waals surface area contributed by atoms with E-state index in [0.29, 0.717) is 47.7 Å². The molecule has 1 aliphatic heterocycles. The lowest BCUT2D eigenvalue weighted by Crippen LogP contribution is -2.39. The lowest BCUT2D eigenvalue weighted by molar-refractivity contribution is -0.0153. The number of ether oxygens (including phenoxy) is 4. The molecule has 0 bridgehead atoms. The summed E-state index contributed by atoms with van der Waals surface area (Å²) < 4.78 is 27.9. The van der Waals surface area contributed by atoms with Crippen molar-refractivity contribution in [2.75, 3.05) is 34.4 Å². The molecule has 170 valence electrons. The fourth-order valence-corrected chi connectivity index (χ4v) is 3.88. The Morgan fingerprint density at radius 3 is 2.69 bits per heavy atom. The molecule has 1 aliphatic rings. The molecule has 9 nitrogen and oxygen atoms in total. The van der Waals surface area contributed by atoms with Crippen molar-refractivity contribution in [2.45, 2.75) is 32.1 Å². The van der Waals surface area contributed by atoms with Crippen LogP contribution in [0.2, 0.25) is 0 Å². The summed E-state index contributed by atoms with van der Waals surface area (Å²) in [6.07, 6.45) is 4.02. The smallest absolute Gasteiger partial charge is 0.241 e. The first-order valence-electron chi connectivity index (χ1n) is 10.6. The maximum Gasteiger partial charge on any atom is 0.241 e. The summed E-state index contributed by atoms with van der Waals surface area (Å²) in [6, 6.07) is 9.47. The average molecular weight is 441 g/mol. The van der Waals surface area contributed by atoms with Crippen LogP contribution in [0.5, 0.6) is 17.2 Å². The molecular formula is C23H28N4O5. The summed E-state index contributed by atoms with van der Waals surface area (Å²) in [5, 5.41) is 4.16. The summed E-state index contributed by atoms with van der Waals surface area (Å²) in [5.41, 5.74) is 1.62. The molecule has 1 fully saturated rings. The maximum atomic E-state index is 6.08. The van der Waals surface area contributed by atoms with Crippen molar-refractivity contribution in [2.24, 2.45) is 0 Å². The van der Waals surface area contributed by atoms with E-state index in [1.54, 1.807) is 33.6 Å². The van der Waals surface area contributed by atoms with Crippen LogP contribution in [-0.4, -0.2) is 60.5 Å². The normalized spacial score (nSPS) is 16.7. The SMILES string of the molecule is COc1ccc(-c2noc(CN3CCC[C@@H](OCc4ccccn4)C3)n2)c(OC)c1OC. The summed E-state index contributed by atoms with van der Waals surface area (Å²) in [4.78, 5) is 11.2. The Balaban J connectivity index is 1.41. The molecule has 9 heteroatoms. The zero-order valence-electron chi connectivity index (χ0n) is 18.6. The molecule has 3 heterocycles. The number of methoxy groups -OCH3 is 3. The van der Waals surface area contributed by atoms with Crippen LogP contribution in [0.3, 0.4) is 0 Å². The standard InChI is InChI=1S/C23H28N4O5/c1-28-19-10-9-18(21(29-2)22(19)30-3)23-25-20(32-26-23)14-27-12-6-8-17(13-27)31-15-16-7-4-5-11-24-16/h4-5,7,9-11,17H,6,8,12-15H2,1-3H3/t17-/m1/s1. The van der Waals surface area contributed by atoms with Gasteiger partial charge in [0, 0.05) is 12.7 Å². The van der Waals surface area contributed by atoms with Crippen LogP contribution in [0.4, 0.5) is 0 Å². The Morgan fingerprint density at radius 1 is 1.06 bits per heavy atom. The Labute approximate surface area is 187 Å². The molecule has 0 spiro atoms. The number of hydrogen-bond acceptors (Lipinski definition) is 9. The Kier molecular flexibility index (Phi) is 7.18. The van der Waals surface area contributed by atoms with E-state index in [0.717, 1.165) is 31.6 Å². The van der Waals surface area contributed by atoms with Crippen molar-refractivity contribution < 1.29 is 23.5 Å². The van der Waals surface area contributed by atoms with Crippen LogP contribution in [0, 0.1) is 0 Å². The number of benzene rings is 1. The third kappa shape index (κ3) is 5.00. The number of piperidine rings is 1. The quantitative estimate of drug-likeness (QED) is 0.497. The van der Waals surface area contributed by atoms with Gasteiger partial charge in [-0.05, 0) is 43.7 Å². The first-order chi connectivity index (χ1) is 15.7. The third-order valence-corrected chi connectivity index (χ3v) is 5.43. The Hall–Kier alpha value is -3.17. The number of nitrogens with zero attached hydrogens (tertiary/aromatic N) is 4. The van der Waals surface area contributed by atoms with Crippen molar-refractivity contribution in [3.8, 4) is 28.6 Å². The zero-order chi connectivity index (χ0) is 22.3. The molecular weight excluding hydrogens is 412 g/mol. The van der Waals surface area contributed by atoms with Crippen LogP contribution >= 0.6 is 0 Å². The molecule has 2 aromatic heterocycles. The first kappa shape index (κ1) is 22.0. The van der Waals surface area contributed by atoms with Crippen molar-refractivity contribution >= 4 is 0 Å². The molecule has 1 aromatic carbocycles. The van der Waals surface area contributed by atoms with Crippen LogP contribution in [0.1, 0.15) is 24.4 Å². The molecule has 0 aliphatic carbocycles. The highest BCUT2D eigenvalue weighted by Gasteiger charge is 2.24. The predicted octanol–water partition coefficient (Wildman–Crippen LogP) is 3.34. The molecule has 1 saturated heterocycles. The predicted molar refractivity (Wildman–Crippen MR) is 117 cm³/mol. The lowest BCUT2D eigenvalue weighted by atomic mass is 10.1. The monoisotopic (exact) mass is 440 g/mol. The highest BCUT2D eigenvalue weighted by Crippen LogP contribution is 2.43.